The maximum atomic E-state index is 13.7. The molecule has 0 bridgehead atoms. The predicted molar refractivity (Wildman–Crippen MR) is 71.3 cm³/mol. The van der Waals surface area contributed by atoms with Gasteiger partial charge in [0.2, 0.25) is 11.7 Å². The summed E-state index contributed by atoms with van der Waals surface area (Å²) in [5.74, 6) is -2.86. The van der Waals surface area contributed by atoms with Gasteiger partial charge in [-0.15, -0.1) is 0 Å². The van der Waals surface area contributed by atoms with Crippen LogP contribution in [0.4, 0.5) is 20.3 Å². The zero-order valence-corrected chi connectivity index (χ0v) is 11.4. The molecule has 0 unspecified atom stereocenters. The fourth-order valence-corrected chi connectivity index (χ4v) is 1.79. The lowest BCUT2D eigenvalue weighted by molar-refractivity contribution is -0.387. The van der Waals surface area contributed by atoms with E-state index in [2.05, 4.69) is 9.97 Å². The summed E-state index contributed by atoms with van der Waals surface area (Å²) in [6.07, 6.45) is 1.70. The number of nitro benzene ring substituents is 1. The first-order chi connectivity index (χ1) is 9.90. The fourth-order valence-electron chi connectivity index (χ4n) is 1.41. The Hall–Kier alpha value is -2.49. The van der Waals surface area contributed by atoms with E-state index in [1.807, 2.05) is 0 Å². The zero-order valence-electron chi connectivity index (χ0n) is 10.5. The highest BCUT2D eigenvalue weighted by Gasteiger charge is 2.20. The summed E-state index contributed by atoms with van der Waals surface area (Å²) in [6, 6.07) is 2.23. The molecule has 1 heterocycles. The molecule has 0 radical (unpaired) electrons. The molecule has 110 valence electrons. The molecule has 1 aromatic carbocycles. The molecule has 2 N–H and O–H groups in total. The Morgan fingerprint density at radius 3 is 2.62 bits per heavy atom. The number of thioether (sulfide) groups is 1. The third kappa shape index (κ3) is 3.34. The quantitative estimate of drug-likeness (QED) is 0.400. The van der Waals surface area contributed by atoms with Crippen molar-refractivity contribution in [3.63, 3.8) is 0 Å². The number of nitro groups is 1. The van der Waals surface area contributed by atoms with Gasteiger partial charge in [0.1, 0.15) is 5.82 Å². The molecule has 2 aromatic rings. The van der Waals surface area contributed by atoms with Crippen LogP contribution in [0.15, 0.2) is 23.4 Å². The van der Waals surface area contributed by atoms with Crippen LogP contribution in [0.2, 0.25) is 0 Å². The van der Waals surface area contributed by atoms with E-state index in [0.717, 1.165) is 0 Å². The molecule has 7 nitrogen and oxygen atoms in total. The van der Waals surface area contributed by atoms with Gasteiger partial charge in [0.25, 0.3) is 0 Å². The van der Waals surface area contributed by atoms with Gasteiger partial charge in [-0.1, -0.05) is 11.8 Å². The van der Waals surface area contributed by atoms with E-state index < -0.39 is 28.0 Å². The SMILES string of the molecule is CSc1nc(N)cc(Oc2cc(F)c([N+](=O)[O-])cc2F)n1. The van der Waals surface area contributed by atoms with Crippen molar-refractivity contribution >= 4 is 23.3 Å². The van der Waals surface area contributed by atoms with Crippen molar-refractivity contribution in [2.24, 2.45) is 0 Å². The number of halogens is 2. The number of benzene rings is 1. The molecule has 0 aliphatic rings. The van der Waals surface area contributed by atoms with E-state index in [4.69, 9.17) is 10.5 Å². The Morgan fingerprint density at radius 2 is 2.00 bits per heavy atom. The Bertz CT molecular complexity index is 714. The van der Waals surface area contributed by atoms with Crippen LogP contribution in [0.3, 0.4) is 0 Å². The van der Waals surface area contributed by atoms with Crippen molar-refractivity contribution in [3.05, 3.63) is 39.9 Å². The normalized spacial score (nSPS) is 10.4. The van der Waals surface area contributed by atoms with Gasteiger partial charge in [-0.05, 0) is 6.26 Å². The summed E-state index contributed by atoms with van der Waals surface area (Å²) in [5.41, 5.74) is 4.54. The molecule has 21 heavy (non-hydrogen) atoms. The Labute approximate surface area is 121 Å². The summed E-state index contributed by atoms with van der Waals surface area (Å²) >= 11 is 1.18. The molecule has 10 heteroatoms. The van der Waals surface area contributed by atoms with Gasteiger partial charge in [-0.2, -0.15) is 9.37 Å². The van der Waals surface area contributed by atoms with Crippen LogP contribution in [-0.4, -0.2) is 21.1 Å². The van der Waals surface area contributed by atoms with Crippen LogP contribution in [0, 0.1) is 21.7 Å². The van der Waals surface area contributed by atoms with Crippen molar-refractivity contribution in [2.45, 2.75) is 5.16 Å². The van der Waals surface area contributed by atoms with Crippen molar-refractivity contribution in [3.8, 4) is 11.6 Å². The molecule has 0 spiro atoms. The molecule has 0 atom stereocenters. The van der Waals surface area contributed by atoms with Crippen LogP contribution in [0.5, 0.6) is 11.6 Å². The first-order valence-electron chi connectivity index (χ1n) is 5.40. The first kappa shape index (κ1) is 14.9. The van der Waals surface area contributed by atoms with Gasteiger partial charge < -0.3 is 10.5 Å². The van der Waals surface area contributed by atoms with E-state index in [1.54, 1.807) is 6.26 Å². The molecule has 0 saturated heterocycles. The summed E-state index contributed by atoms with van der Waals surface area (Å²) in [5, 5.41) is 10.8. The maximum Gasteiger partial charge on any atom is 0.307 e. The predicted octanol–water partition coefficient (Wildman–Crippen LogP) is 2.76. The number of aromatic nitrogens is 2. The lowest BCUT2D eigenvalue weighted by Crippen LogP contribution is -2.00. The van der Waals surface area contributed by atoms with Crippen molar-refractivity contribution in [1.82, 2.24) is 9.97 Å². The van der Waals surface area contributed by atoms with Crippen LogP contribution in [-0.2, 0) is 0 Å². The molecule has 0 amide bonds. The molecule has 0 fully saturated rings. The number of rotatable bonds is 4. The number of nitrogen functional groups attached to an aromatic ring is 1. The number of anilines is 1. The highest BCUT2D eigenvalue weighted by molar-refractivity contribution is 7.98. The number of hydrogen-bond donors (Lipinski definition) is 1. The van der Waals surface area contributed by atoms with Crippen molar-refractivity contribution in [2.75, 3.05) is 12.0 Å². The lowest BCUT2D eigenvalue weighted by Gasteiger charge is -2.07. The van der Waals surface area contributed by atoms with Gasteiger partial charge in [0, 0.05) is 12.1 Å². The molecule has 0 aliphatic heterocycles. The monoisotopic (exact) mass is 314 g/mol. The molecular weight excluding hydrogens is 306 g/mol. The molecule has 0 saturated carbocycles. The van der Waals surface area contributed by atoms with Crippen LogP contribution < -0.4 is 10.5 Å². The minimum atomic E-state index is -1.22. The molecular formula is C11H8F2N4O3S. The minimum absolute atomic E-state index is 0.0899. The van der Waals surface area contributed by atoms with Crippen LogP contribution >= 0.6 is 11.8 Å². The van der Waals surface area contributed by atoms with Crippen LogP contribution in [0.1, 0.15) is 0 Å². The van der Waals surface area contributed by atoms with E-state index >= 15 is 0 Å². The summed E-state index contributed by atoms with van der Waals surface area (Å²) in [7, 11) is 0. The summed E-state index contributed by atoms with van der Waals surface area (Å²) < 4.78 is 32.2. The van der Waals surface area contributed by atoms with E-state index in [0.29, 0.717) is 12.1 Å². The summed E-state index contributed by atoms with van der Waals surface area (Å²) in [4.78, 5) is 17.2. The third-order valence-corrected chi connectivity index (χ3v) is 2.84. The Balaban J connectivity index is 2.38. The average Bonchev–Trinajstić information content (AvgIpc) is 2.41. The van der Waals surface area contributed by atoms with E-state index in [1.165, 1.54) is 17.8 Å². The van der Waals surface area contributed by atoms with E-state index in [9.17, 15) is 18.9 Å². The number of ether oxygens (including phenoxy) is 1. The Kier molecular flexibility index (Phi) is 4.17. The van der Waals surface area contributed by atoms with Gasteiger partial charge in [-0.3, -0.25) is 10.1 Å². The van der Waals surface area contributed by atoms with Gasteiger partial charge in [0.15, 0.2) is 16.7 Å². The summed E-state index contributed by atoms with van der Waals surface area (Å²) in [6.45, 7) is 0. The fraction of sp³-hybridized carbons (Fsp3) is 0.0909. The zero-order chi connectivity index (χ0) is 15.6. The number of nitrogens with zero attached hydrogens (tertiary/aromatic N) is 3. The largest absolute Gasteiger partial charge is 0.436 e. The van der Waals surface area contributed by atoms with Crippen LogP contribution in [0.25, 0.3) is 0 Å². The maximum absolute atomic E-state index is 13.7. The smallest absolute Gasteiger partial charge is 0.307 e. The third-order valence-electron chi connectivity index (χ3n) is 2.30. The standard InChI is InChI=1S/C11H8F2N4O3S/c1-21-11-15-9(14)4-10(16-11)20-8-3-5(12)7(17(18)19)2-6(8)13/h2-4H,1H3,(H2,14,15,16). The van der Waals surface area contributed by atoms with Gasteiger partial charge in [0.05, 0.1) is 11.0 Å². The number of hydrogen-bond acceptors (Lipinski definition) is 7. The number of nitrogens with two attached hydrogens (primary N) is 1. The van der Waals surface area contributed by atoms with Crippen molar-refractivity contribution < 1.29 is 18.4 Å². The second kappa shape index (κ2) is 5.87. The molecule has 2 rings (SSSR count). The lowest BCUT2D eigenvalue weighted by atomic mass is 10.3. The van der Waals surface area contributed by atoms with E-state index in [-0.39, 0.29) is 16.9 Å². The topological polar surface area (TPSA) is 104 Å². The second-order valence-electron chi connectivity index (χ2n) is 3.71. The average molecular weight is 314 g/mol. The van der Waals surface area contributed by atoms with Gasteiger partial charge in [-0.25, -0.2) is 9.37 Å². The first-order valence-corrected chi connectivity index (χ1v) is 6.63. The van der Waals surface area contributed by atoms with Gasteiger partial charge >= 0.3 is 5.69 Å². The molecule has 0 aliphatic carbocycles. The highest BCUT2D eigenvalue weighted by Crippen LogP contribution is 2.30. The second-order valence-corrected chi connectivity index (χ2v) is 4.48. The highest BCUT2D eigenvalue weighted by atomic mass is 32.2. The Morgan fingerprint density at radius 1 is 1.29 bits per heavy atom. The van der Waals surface area contributed by atoms with Crippen molar-refractivity contribution in [1.29, 1.82) is 0 Å². The minimum Gasteiger partial charge on any atom is -0.436 e. The molecule has 1 aromatic heterocycles.